The lowest BCUT2D eigenvalue weighted by Crippen LogP contribution is -2.16. The molecule has 6 rings (SSSR count). The van der Waals surface area contributed by atoms with Gasteiger partial charge in [-0.3, -0.25) is 0 Å². The lowest BCUT2D eigenvalue weighted by molar-refractivity contribution is 0.797. The molecule has 3 aliphatic rings. The van der Waals surface area contributed by atoms with Crippen molar-refractivity contribution in [3.05, 3.63) is 119 Å². The first kappa shape index (κ1) is 18.8. The van der Waals surface area contributed by atoms with Gasteiger partial charge in [0.15, 0.2) is 0 Å². The second-order valence-corrected chi connectivity index (χ2v) is 9.73. The molecule has 2 unspecified atom stereocenters. The molecule has 0 aromatic heterocycles. The van der Waals surface area contributed by atoms with E-state index in [9.17, 15) is 0 Å². The zero-order valence-corrected chi connectivity index (χ0v) is 18.2. The zero-order chi connectivity index (χ0) is 20.6. The standard InChI is InChI=1S/C29H25NS/c1-2-7-20(8-3-1)19-30-24-11-6-10-22(17-24)23-13-15-26-28(18-23)31-27-16-14-21-9-4-5-12-25(21)29(26)27/h1-3,5-8,10-18,27,29-30H,4,9,19H2. The molecule has 0 spiro atoms. The van der Waals surface area contributed by atoms with Crippen molar-refractivity contribution in [3.8, 4) is 11.1 Å². The van der Waals surface area contributed by atoms with Crippen LogP contribution in [0.2, 0.25) is 0 Å². The Balaban J connectivity index is 1.27. The van der Waals surface area contributed by atoms with Gasteiger partial charge in [0.2, 0.25) is 0 Å². The van der Waals surface area contributed by atoms with Crippen LogP contribution in [0.4, 0.5) is 5.69 Å². The first-order valence-corrected chi connectivity index (χ1v) is 12.0. The van der Waals surface area contributed by atoms with E-state index in [1.807, 2.05) is 11.8 Å². The molecule has 1 nitrogen and oxygen atoms in total. The minimum atomic E-state index is 0.518. The maximum absolute atomic E-state index is 3.57. The maximum Gasteiger partial charge on any atom is 0.0400 e. The molecule has 1 heterocycles. The van der Waals surface area contributed by atoms with E-state index in [0.717, 1.165) is 12.2 Å². The van der Waals surface area contributed by atoms with Gasteiger partial charge in [-0.15, -0.1) is 11.8 Å². The minimum absolute atomic E-state index is 0.518. The summed E-state index contributed by atoms with van der Waals surface area (Å²) < 4.78 is 0. The SMILES string of the molecule is C1=CC2=C(C=CC3Sc4cc(-c5cccc(NCc6ccccc6)c5)ccc4C23)CC1. The van der Waals surface area contributed by atoms with Gasteiger partial charge in [0, 0.05) is 28.3 Å². The smallest absolute Gasteiger partial charge is 0.0400 e. The Labute approximate surface area is 188 Å². The summed E-state index contributed by atoms with van der Waals surface area (Å²) in [5, 5.41) is 4.10. The molecule has 31 heavy (non-hydrogen) atoms. The van der Waals surface area contributed by atoms with E-state index in [0.29, 0.717) is 11.2 Å². The Morgan fingerprint density at radius 3 is 2.71 bits per heavy atom. The topological polar surface area (TPSA) is 12.0 Å². The summed E-state index contributed by atoms with van der Waals surface area (Å²) in [5.41, 5.74) is 9.61. The van der Waals surface area contributed by atoms with Gasteiger partial charge in [0.05, 0.1) is 0 Å². The van der Waals surface area contributed by atoms with Crippen LogP contribution >= 0.6 is 11.8 Å². The largest absolute Gasteiger partial charge is 0.381 e. The molecular weight excluding hydrogens is 394 g/mol. The van der Waals surface area contributed by atoms with Gasteiger partial charge in [-0.2, -0.15) is 0 Å². The second-order valence-electron chi connectivity index (χ2n) is 8.51. The summed E-state index contributed by atoms with van der Waals surface area (Å²) >= 11 is 2.03. The molecule has 0 radical (unpaired) electrons. The Hall–Kier alpha value is -2.97. The highest BCUT2D eigenvalue weighted by molar-refractivity contribution is 8.00. The number of allylic oxidation sites excluding steroid dienone is 5. The second kappa shape index (κ2) is 7.94. The molecule has 2 aliphatic carbocycles. The molecule has 3 aromatic rings. The van der Waals surface area contributed by atoms with E-state index in [2.05, 4.69) is 102 Å². The minimum Gasteiger partial charge on any atom is -0.381 e. The zero-order valence-electron chi connectivity index (χ0n) is 17.4. The Morgan fingerprint density at radius 2 is 1.77 bits per heavy atom. The van der Waals surface area contributed by atoms with Crippen molar-refractivity contribution >= 4 is 17.4 Å². The molecule has 1 aliphatic heterocycles. The first-order valence-electron chi connectivity index (χ1n) is 11.1. The highest BCUT2D eigenvalue weighted by atomic mass is 32.2. The molecule has 2 heteroatoms. The quantitative estimate of drug-likeness (QED) is 0.464. The van der Waals surface area contributed by atoms with Crippen LogP contribution in [0.3, 0.4) is 0 Å². The lowest BCUT2D eigenvalue weighted by atomic mass is 9.78. The van der Waals surface area contributed by atoms with Crippen molar-refractivity contribution in [2.24, 2.45) is 0 Å². The van der Waals surface area contributed by atoms with Gasteiger partial charge in [-0.1, -0.05) is 78.9 Å². The molecule has 1 N–H and O–H groups in total. The summed E-state index contributed by atoms with van der Waals surface area (Å²) in [5.74, 6) is 0.518. The van der Waals surface area contributed by atoms with Crippen molar-refractivity contribution in [2.75, 3.05) is 5.32 Å². The van der Waals surface area contributed by atoms with E-state index in [4.69, 9.17) is 0 Å². The number of nitrogens with one attached hydrogen (secondary N) is 1. The van der Waals surface area contributed by atoms with Gasteiger partial charge in [0.25, 0.3) is 0 Å². The predicted molar refractivity (Wildman–Crippen MR) is 133 cm³/mol. The molecule has 0 amide bonds. The summed E-state index contributed by atoms with van der Waals surface area (Å²) in [6, 6.07) is 26.4. The Morgan fingerprint density at radius 1 is 0.871 bits per heavy atom. The van der Waals surface area contributed by atoms with Crippen molar-refractivity contribution in [3.63, 3.8) is 0 Å². The van der Waals surface area contributed by atoms with Crippen LogP contribution in [-0.4, -0.2) is 5.25 Å². The van der Waals surface area contributed by atoms with Crippen LogP contribution in [0.25, 0.3) is 11.1 Å². The van der Waals surface area contributed by atoms with Gasteiger partial charge in [0.1, 0.15) is 0 Å². The van der Waals surface area contributed by atoms with Gasteiger partial charge < -0.3 is 5.32 Å². The van der Waals surface area contributed by atoms with E-state index in [1.165, 1.54) is 40.0 Å². The molecule has 0 fully saturated rings. The lowest BCUT2D eigenvalue weighted by Gasteiger charge is -2.27. The van der Waals surface area contributed by atoms with E-state index in [1.54, 1.807) is 11.1 Å². The average Bonchev–Trinajstić information content (AvgIpc) is 3.22. The molecule has 3 aromatic carbocycles. The average molecular weight is 420 g/mol. The molecule has 2 atom stereocenters. The molecule has 152 valence electrons. The molecule has 0 saturated carbocycles. The number of hydrogen-bond donors (Lipinski definition) is 1. The number of benzene rings is 3. The van der Waals surface area contributed by atoms with Gasteiger partial charge in [-0.05, 0) is 64.4 Å². The van der Waals surface area contributed by atoms with Gasteiger partial charge >= 0.3 is 0 Å². The molecule has 0 bridgehead atoms. The normalized spacial score (nSPS) is 20.9. The first-order chi connectivity index (χ1) is 15.3. The fraction of sp³-hybridized carbons (Fsp3) is 0.172. The van der Waals surface area contributed by atoms with E-state index >= 15 is 0 Å². The van der Waals surface area contributed by atoms with Crippen molar-refractivity contribution in [2.45, 2.75) is 35.4 Å². The van der Waals surface area contributed by atoms with E-state index in [-0.39, 0.29) is 0 Å². The van der Waals surface area contributed by atoms with E-state index < -0.39 is 0 Å². The third kappa shape index (κ3) is 3.55. The van der Waals surface area contributed by atoms with Crippen molar-refractivity contribution < 1.29 is 0 Å². The molecular formula is C29H25NS. The molecule has 0 saturated heterocycles. The van der Waals surface area contributed by atoms with Crippen LogP contribution in [0.1, 0.15) is 29.9 Å². The number of rotatable bonds is 4. The van der Waals surface area contributed by atoms with Crippen LogP contribution in [-0.2, 0) is 6.54 Å². The Kier molecular flexibility index (Phi) is 4.81. The van der Waals surface area contributed by atoms with Crippen molar-refractivity contribution in [1.82, 2.24) is 0 Å². The van der Waals surface area contributed by atoms with Crippen LogP contribution < -0.4 is 5.32 Å². The summed E-state index contributed by atoms with van der Waals surface area (Å²) in [6.45, 7) is 0.838. The fourth-order valence-corrected chi connectivity index (χ4v) is 6.37. The summed E-state index contributed by atoms with van der Waals surface area (Å²) in [6.07, 6.45) is 11.9. The number of thioether (sulfide) groups is 1. The van der Waals surface area contributed by atoms with Gasteiger partial charge in [-0.25, -0.2) is 0 Å². The highest BCUT2D eigenvalue weighted by Gasteiger charge is 2.37. The third-order valence-corrected chi connectivity index (χ3v) is 7.86. The fourth-order valence-electron chi connectivity index (χ4n) is 4.96. The number of hydrogen-bond acceptors (Lipinski definition) is 2. The summed E-state index contributed by atoms with van der Waals surface area (Å²) in [7, 11) is 0. The Bertz CT molecular complexity index is 1220. The maximum atomic E-state index is 3.57. The van der Waals surface area contributed by atoms with Crippen LogP contribution in [0, 0.1) is 0 Å². The van der Waals surface area contributed by atoms with Crippen molar-refractivity contribution in [1.29, 1.82) is 0 Å². The summed E-state index contributed by atoms with van der Waals surface area (Å²) in [4.78, 5) is 1.44. The monoisotopic (exact) mass is 419 g/mol. The highest BCUT2D eigenvalue weighted by Crippen LogP contribution is 2.53. The predicted octanol–water partition coefficient (Wildman–Crippen LogP) is 7.74. The van der Waals surface area contributed by atoms with Crippen LogP contribution in [0.15, 0.2) is 113 Å². The number of anilines is 1. The van der Waals surface area contributed by atoms with Crippen LogP contribution in [0.5, 0.6) is 0 Å². The number of fused-ring (bicyclic) bond motifs is 4. The third-order valence-electron chi connectivity index (χ3n) is 6.55.